The third-order valence-electron chi connectivity index (χ3n) is 2.48. The molecule has 2 aromatic heterocycles. The van der Waals surface area contributed by atoms with Crippen molar-refractivity contribution >= 4 is 0 Å². The largest absolute Gasteiger partial charge is 0.480 e. The molecule has 0 amide bonds. The van der Waals surface area contributed by atoms with Crippen LogP contribution in [-0.2, 0) is 7.05 Å². The molecule has 17 heavy (non-hydrogen) atoms. The number of nitrogens with zero attached hydrogens (tertiary/aromatic N) is 3. The van der Waals surface area contributed by atoms with Crippen molar-refractivity contribution in [3.63, 3.8) is 0 Å². The molecule has 88 valence electrons. The molecule has 0 saturated carbocycles. The zero-order valence-electron chi connectivity index (χ0n) is 9.97. The molecule has 2 rings (SSSR count). The lowest BCUT2D eigenvalue weighted by atomic mass is 10.1. The first kappa shape index (κ1) is 11.3. The zero-order chi connectivity index (χ0) is 12.4. The second-order valence-electron chi connectivity index (χ2n) is 3.70. The number of ether oxygens (including phenoxy) is 1. The lowest BCUT2D eigenvalue weighted by Crippen LogP contribution is -2.14. The van der Waals surface area contributed by atoms with Crippen LogP contribution in [0.3, 0.4) is 0 Å². The van der Waals surface area contributed by atoms with Crippen LogP contribution in [0.1, 0.15) is 5.82 Å². The van der Waals surface area contributed by atoms with E-state index in [2.05, 4.69) is 9.97 Å². The van der Waals surface area contributed by atoms with Crippen molar-refractivity contribution in [1.29, 1.82) is 0 Å². The Bertz CT molecular complexity index is 605. The number of aromatic nitrogens is 3. The summed E-state index contributed by atoms with van der Waals surface area (Å²) in [7, 11) is 3.25. The molecule has 2 heterocycles. The minimum atomic E-state index is -0.0786. The monoisotopic (exact) mass is 231 g/mol. The van der Waals surface area contributed by atoms with Crippen LogP contribution in [-0.4, -0.2) is 21.6 Å². The summed E-state index contributed by atoms with van der Waals surface area (Å²) < 4.78 is 6.70. The molecule has 0 radical (unpaired) electrons. The minimum absolute atomic E-state index is 0.0786. The van der Waals surface area contributed by atoms with Crippen molar-refractivity contribution in [3.05, 3.63) is 40.7 Å². The Morgan fingerprint density at radius 3 is 2.82 bits per heavy atom. The second-order valence-corrected chi connectivity index (χ2v) is 3.70. The van der Waals surface area contributed by atoms with Gasteiger partial charge in [0, 0.05) is 25.5 Å². The van der Waals surface area contributed by atoms with Gasteiger partial charge >= 0.3 is 0 Å². The van der Waals surface area contributed by atoms with Crippen LogP contribution in [0.4, 0.5) is 0 Å². The molecular formula is C12H13N3O2. The van der Waals surface area contributed by atoms with Crippen molar-refractivity contribution in [1.82, 2.24) is 14.5 Å². The van der Waals surface area contributed by atoms with Gasteiger partial charge in [-0.15, -0.1) is 0 Å². The molecule has 0 fully saturated rings. The van der Waals surface area contributed by atoms with Crippen LogP contribution in [0, 0.1) is 6.92 Å². The molecule has 5 heteroatoms. The summed E-state index contributed by atoms with van der Waals surface area (Å²) in [5.41, 5.74) is 1.39. The summed E-state index contributed by atoms with van der Waals surface area (Å²) in [6.07, 6.45) is 3.37. The third-order valence-corrected chi connectivity index (χ3v) is 2.48. The summed E-state index contributed by atoms with van der Waals surface area (Å²) in [6, 6.07) is 3.37. The quantitative estimate of drug-likeness (QED) is 0.778. The zero-order valence-corrected chi connectivity index (χ0v) is 9.97. The van der Waals surface area contributed by atoms with E-state index in [1.807, 2.05) is 6.07 Å². The highest BCUT2D eigenvalue weighted by Crippen LogP contribution is 2.25. The molecule has 0 saturated heterocycles. The molecule has 0 bridgehead atoms. The fraction of sp³-hybridized carbons (Fsp3) is 0.250. The van der Waals surface area contributed by atoms with Crippen molar-refractivity contribution in [2.24, 2.45) is 7.05 Å². The van der Waals surface area contributed by atoms with Gasteiger partial charge in [-0.25, -0.2) is 4.98 Å². The van der Waals surface area contributed by atoms with Crippen LogP contribution >= 0.6 is 0 Å². The average molecular weight is 231 g/mol. The summed E-state index contributed by atoms with van der Waals surface area (Å²) >= 11 is 0. The normalized spacial score (nSPS) is 10.3. The third kappa shape index (κ3) is 2.18. The standard InChI is InChI=1S/C12H13N3O2/c1-8-13-7-10(12(14-8)17-3)9-4-5-15(2)11(16)6-9/h4-7H,1-3H3. The number of aryl methyl sites for hydroxylation is 2. The van der Waals surface area contributed by atoms with E-state index in [9.17, 15) is 4.79 Å². The first-order valence-electron chi connectivity index (χ1n) is 5.16. The van der Waals surface area contributed by atoms with Crippen LogP contribution in [0.2, 0.25) is 0 Å². The van der Waals surface area contributed by atoms with Gasteiger partial charge in [-0.05, 0) is 18.6 Å². The Morgan fingerprint density at radius 1 is 1.41 bits per heavy atom. The number of hydrogen-bond donors (Lipinski definition) is 0. The summed E-state index contributed by atoms with van der Waals surface area (Å²) in [5, 5.41) is 0. The first-order valence-corrected chi connectivity index (χ1v) is 5.16. The van der Waals surface area contributed by atoms with Gasteiger partial charge in [0.15, 0.2) is 0 Å². The molecule has 0 aliphatic carbocycles. The summed E-state index contributed by atoms with van der Waals surface area (Å²) in [6.45, 7) is 1.79. The number of rotatable bonds is 2. The van der Waals surface area contributed by atoms with Crippen LogP contribution < -0.4 is 10.3 Å². The number of methoxy groups -OCH3 is 1. The Kier molecular flexibility index (Phi) is 2.91. The highest BCUT2D eigenvalue weighted by Gasteiger charge is 2.09. The Balaban J connectivity index is 2.59. The van der Waals surface area contributed by atoms with E-state index in [4.69, 9.17) is 4.74 Å². The average Bonchev–Trinajstić information content (AvgIpc) is 2.32. The van der Waals surface area contributed by atoms with Crippen molar-refractivity contribution in [2.45, 2.75) is 6.92 Å². The van der Waals surface area contributed by atoms with Crippen LogP contribution in [0.5, 0.6) is 5.88 Å². The molecule has 0 atom stereocenters. The predicted octanol–water partition coefficient (Wildman–Crippen LogP) is 1.16. The van der Waals surface area contributed by atoms with Gasteiger partial charge in [-0.1, -0.05) is 0 Å². The van der Waals surface area contributed by atoms with Gasteiger partial charge in [0.25, 0.3) is 5.56 Å². The maximum atomic E-state index is 11.6. The smallest absolute Gasteiger partial charge is 0.250 e. The van der Waals surface area contributed by atoms with E-state index in [1.165, 1.54) is 10.6 Å². The van der Waals surface area contributed by atoms with E-state index in [1.54, 1.807) is 33.5 Å². The van der Waals surface area contributed by atoms with E-state index >= 15 is 0 Å². The number of pyridine rings is 1. The molecule has 5 nitrogen and oxygen atoms in total. The molecular weight excluding hydrogens is 218 g/mol. The lowest BCUT2D eigenvalue weighted by molar-refractivity contribution is 0.397. The van der Waals surface area contributed by atoms with Gasteiger partial charge < -0.3 is 9.30 Å². The van der Waals surface area contributed by atoms with Gasteiger partial charge in [-0.3, -0.25) is 4.79 Å². The SMILES string of the molecule is COc1nc(C)ncc1-c1ccn(C)c(=O)c1. The molecule has 0 aliphatic heterocycles. The molecule has 0 N–H and O–H groups in total. The minimum Gasteiger partial charge on any atom is -0.480 e. The summed E-state index contributed by atoms with van der Waals surface area (Å²) in [5.74, 6) is 1.11. The molecule has 0 aliphatic rings. The Hall–Kier alpha value is -2.17. The Labute approximate surface area is 98.7 Å². The fourth-order valence-electron chi connectivity index (χ4n) is 1.52. The molecule has 2 aromatic rings. The van der Waals surface area contributed by atoms with E-state index in [0.717, 1.165) is 11.1 Å². The van der Waals surface area contributed by atoms with E-state index < -0.39 is 0 Å². The van der Waals surface area contributed by atoms with Gasteiger partial charge in [0.05, 0.1) is 12.7 Å². The van der Waals surface area contributed by atoms with E-state index in [0.29, 0.717) is 11.7 Å². The maximum Gasteiger partial charge on any atom is 0.250 e. The van der Waals surface area contributed by atoms with Crippen molar-refractivity contribution in [3.8, 4) is 17.0 Å². The van der Waals surface area contributed by atoms with E-state index in [-0.39, 0.29) is 5.56 Å². The van der Waals surface area contributed by atoms with Crippen molar-refractivity contribution < 1.29 is 4.74 Å². The first-order chi connectivity index (χ1) is 8.11. The fourth-order valence-corrected chi connectivity index (χ4v) is 1.52. The maximum absolute atomic E-state index is 11.6. The highest BCUT2D eigenvalue weighted by atomic mass is 16.5. The van der Waals surface area contributed by atoms with Gasteiger partial charge in [0.1, 0.15) is 5.82 Å². The topological polar surface area (TPSA) is 57.0 Å². The lowest BCUT2D eigenvalue weighted by Gasteiger charge is -2.07. The van der Waals surface area contributed by atoms with Crippen LogP contribution in [0.15, 0.2) is 29.3 Å². The number of hydrogen-bond acceptors (Lipinski definition) is 4. The predicted molar refractivity (Wildman–Crippen MR) is 64.0 cm³/mol. The molecule has 0 spiro atoms. The highest BCUT2D eigenvalue weighted by molar-refractivity contribution is 5.67. The molecule has 0 unspecified atom stereocenters. The second kappa shape index (κ2) is 4.37. The van der Waals surface area contributed by atoms with Gasteiger partial charge in [0.2, 0.25) is 5.88 Å². The summed E-state index contributed by atoms with van der Waals surface area (Å²) in [4.78, 5) is 19.9. The van der Waals surface area contributed by atoms with Crippen LogP contribution in [0.25, 0.3) is 11.1 Å². The van der Waals surface area contributed by atoms with Crippen molar-refractivity contribution in [2.75, 3.05) is 7.11 Å². The molecule has 0 aromatic carbocycles. The van der Waals surface area contributed by atoms with Gasteiger partial charge in [-0.2, -0.15) is 4.98 Å². The Morgan fingerprint density at radius 2 is 2.18 bits per heavy atom.